The predicted octanol–water partition coefficient (Wildman–Crippen LogP) is 1.64. The van der Waals surface area contributed by atoms with E-state index in [1.165, 1.54) is 12.1 Å². The van der Waals surface area contributed by atoms with E-state index in [-0.39, 0.29) is 24.8 Å². The fourth-order valence-corrected chi connectivity index (χ4v) is 1.34. The summed E-state index contributed by atoms with van der Waals surface area (Å²) in [5.41, 5.74) is 6.45. The number of aliphatic hydroxyl groups is 1. The molecular formula is C10H15ClFNO2. The molecule has 0 saturated heterocycles. The molecule has 1 atom stereocenters. The van der Waals surface area contributed by atoms with Crippen LogP contribution in [0.1, 0.15) is 23.6 Å². The van der Waals surface area contributed by atoms with Crippen molar-refractivity contribution in [2.45, 2.75) is 19.4 Å². The maximum Gasteiger partial charge on any atom is 0.124 e. The van der Waals surface area contributed by atoms with E-state index >= 15 is 0 Å². The van der Waals surface area contributed by atoms with Gasteiger partial charge in [-0.25, -0.2) is 4.39 Å². The Balaban J connectivity index is 0.00000196. The van der Waals surface area contributed by atoms with Crippen LogP contribution in [0, 0.1) is 12.7 Å². The Morgan fingerprint density at radius 3 is 2.60 bits per heavy atom. The number of aliphatic hydroxyl groups excluding tert-OH is 1. The van der Waals surface area contributed by atoms with Gasteiger partial charge in [0.25, 0.3) is 0 Å². The molecule has 0 aliphatic rings. The highest BCUT2D eigenvalue weighted by molar-refractivity contribution is 5.85. The summed E-state index contributed by atoms with van der Waals surface area (Å²) in [7, 11) is 0. The summed E-state index contributed by atoms with van der Waals surface area (Å²) in [6.45, 7) is 1.52. The second-order valence-electron chi connectivity index (χ2n) is 3.28. The first kappa shape index (κ1) is 14.2. The van der Waals surface area contributed by atoms with Gasteiger partial charge in [0.1, 0.15) is 11.6 Å². The number of hydrogen-bond donors (Lipinski definition) is 3. The first-order valence-corrected chi connectivity index (χ1v) is 4.41. The summed E-state index contributed by atoms with van der Waals surface area (Å²) in [4.78, 5) is 0. The van der Waals surface area contributed by atoms with E-state index in [4.69, 9.17) is 10.8 Å². The summed E-state index contributed by atoms with van der Waals surface area (Å²) in [6, 6.07) is 1.90. The maximum absolute atomic E-state index is 13.0. The molecule has 0 spiro atoms. The molecular weight excluding hydrogens is 221 g/mol. The molecule has 0 saturated carbocycles. The second kappa shape index (κ2) is 5.90. The second-order valence-corrected chi connectivity index (χ2v) is 3.28. The molecule has 1 aromatic carbocycles. The molecule has 0 heterocycles. The lowest BCUT2D eigenvalue weighted by Crippen LogP contribution is -2.12. The van der Waals surface area contributed by atoms with Crippen molar-refractivity contribution in [2.24, 2.45) is 5.73 Å². The molecule has 1 rings (SSSR count). The molecule has 0 aliphatic heterocycles. The Bertz CT molecular complexity index is 333. The van der Waals surface area contributed by atoms with Crippen LogP contribution in [0.15, 0.2) is 12.1 Å². The fraction of sp³-hybridized carbons (Fsp3) is 0.400. The van der Waals surface area contributed by atoms with Gasteiger partial charge in [-0.1, -0.05) is 0 Å². The Labute approximate surface area is 94.1 Å². The lowest BCUT2D eigenvalue weighted by molar-refractivity contribution is 0.275. The van der Waals surface area contributed by atoms with Crippen LogP contribution in [0.2, 0.25) is 0 Å². The van der Waals surface area contributed by atoms with E-state index in [1.54, 1.807) is 6.92 Å². The van der Waals surface area contributed by atoms with Gasteiger partial charge in [0.15, 0.2) is 0 Å². The highest BCUT2D eigenvalue weighted by atomic mass is 35.5. The van der Waals surface area contributed by atoms with Gasteiger partial charge in [0.05, 0.1) is 0 Å². The molecule has 3 nitrogen and oxygen atoms in total. The average molecular weight is 236 g/mol. The van der Waals surface area contributed by atoms with E-state index in [9.17, 15) is 9.50 Å². The summed E-state index contributed by atoms with van der Waals surface area (Å²) >= 11 is 0. The third-order valence-corrected chi connectivity index (χ3v) is 2.13. The summed E-state index contributed by atoms with van der Waals surface area (Å²) in [6.07, 6.45) is 0.302. The van der Waals surface area contributed by atoms with Crippen molar-refractivity contribution in [1.82, 2.24) is 0 Å². The minimum absolute atomic E-state index is 0. The number of aromatic hydroxyl groups is 1. The van der Waals surface area contributed by atoms with Crippen LogP contribution in [-0.4, -0.2) is 16.8 Å². The van der Waals surface area contributed by atoms with Gasteiger partial charge in [-0.3, -0.25) is 0 Å². The Hall–Kier alpha value is -0.840. The molecule has 4 N–H and O–H groups in total. The summed E-state index contributed by atoms with van der Waals surface area (Å²) in [5.74, 6) is -0.420. The van der Waals surface area contributed by atoms with Gasteiger partial charge < -0.3 is 15.9 Å². The molecule has 0 aliphatic carbocycles. The van der Waals surface area contributed by atoms with Crippen LogP contribution in [0.25, 0.3) is 0 Å². The zero-order chi connectivity index (χ0) is 10.7. The quantitative estimate of drug-likeness (QED) is 0.746. The van der Waals surface area contributed by atoms with Crippen LogP contribution in [-0.2, 0) is 0 Å². The van der Waals surface area contributed by atoms with Crippen molar-refractivity contribution in [3.63, 3.8) is 0 Å². The summed E-state index contributed by atoms with van der Waals surface area (Å²) in [5, 5.41) is 18.3. The van der Waals surface area contributed by atoms with Crippen LogP contribution in [0.4, 0.5) is 4.39 Å². The molecule has 0 unspecified atom stereocenters. The zero-order valence-electron chi connectivity index (χ0n) is 8.40. The van der Waals surface area contributed by atoms with Crippen molar-refractivity contribution in [1.29, 1.82) is 0 Å². The molecule has 0 aromatic heterocycles. The largest absolute Gasteiger partial charge is 0.507 e. The number of rotatable bonds is 3. The fourth-order valence-electron chi connectivity index (χ4n) is 1.34. The van der Waals surface area contributed by atoms with Crippen LogP contribution >= 0.6 is 12.4 Å². The van der Waals surface area contributed by atoms with Crippen molar-refractivity contribution in [3.05, 3.63) is 29.1 Å². The zero-order valence-corrected chi connectivity index (χ0v) is 9.22. The van der Waals surface area contributed by atoms with Gasteiger partial charge in [-0.2, -0.15) is 0 Å². The number of hydrogen-bond acceptors (Lipinski definition) is 3. The normalized spacial score (nSPS) is 12.0. The van der Waals surface area contributed by atoms with E-state index < -0.39 is 11.9 Å². The van der Waals surface area contributed by atoms with Gasteiger partial charge in [-0.15, -0.1) is 12.4 Å². The molecule has 86 valence electrons. The van der Waals surface area contributed by atoms with Gasteiger partial charge >= 0.3 is 0 Å². The standard InChI is InChI=1S/C10H14FNO2.ClH/c1-6-4-7(11)5-8(10(6)14)9(12)2-3-13;/h4-5,9,13-14H,2-3,12H2,1H3;1H/t9-;/m0./s1. The Kier molecular flexibility index (Phi) is 5.57. The van der Waals surface area contributed by atoms with Gasteiger partial charge in [0.2, 0.25) is 0 Å². The Morgan fingerprint density at radius 1 is 1.47 bits per heavy atom. The van der Waals surface area contributed by atoms with Crippen molar-refractivity contribution in [3.8, 4) is 5.75 Å². The van der Waals surface area contributed by atoms with Crippen molar-refractivity contribution >= 4 is 12.4 Å². The van der Waals surface area contributed by atoms with E-state index in [2.05, 4.69) is 0 Å². The molecule has 5 heteroatoms. The number of aryl methyl sites for hydroxylation is 1. The van der Waals surface area contributed by atoms with E-state index in [1.807, 2.05) is 0 Å². The first-order chi connectivity index (χ1) is 6.56. The molecule has 0 fully saturated rings. The molecule has 0 bridgehead atoms. The Morgan fingerprint density at radius 2 is 2.07 bits per heavy atom. The van der Waals surface area contributed by atoms with Gasteiger partial charge in [0, 0.05) is 18.2 Å². The smallest absolute Gasteiger partial charge is 0.124 e. The number of halogens is 2. The average Bonchev–Trinajstić information content (AvgIpc) is 2.11. The highest BCUT2D eigenvalue weighted by Crippen LogP contribution is 2.28. The van der Waals surface area contributed by atoms with Crippen molar-refractivity contribution < 1.29 is 14.6 Å². The lowest BCUT2D eigenvalue weighted by Gasteiger charge is -2.13. The third-order valence-electron chi connectivity index (χ3n) is 2.13. The van der Waals surface area contributed by atoms with Crippen molar-refractivity contribution in [2.75, 3.05) is 6.61 Å². The summed E-state index contributed by atoms with van der Waals surface area (Å²) < 4.78 is 13.0. The molecule has 0 amide bonds. The van der Waals surface area contributed by atoms with Crippen LogP contribution in [0.3, 0.4) is 0 Å². The maximum atomic E-state index is 13.0. The molecule has 15 heavy (non-hydrogen) atoms. The first-order valence-electron chi connectivity index (χ1n) is 4.41. The van der Waals surface area contributed by atoms with Crippen LogP contribution in [0.5, 0.6) is 5.75 Å². The molecule has 0 radical (unpaired) electrons. The monoisotopic (exact) mass is 235 g/mol. The number of nitrogens with two attached hydrogens (primary N) is 1. The lowest BCUT2D eigenvalue weighted by atomic mass is 10.0. The SMILES string of the molecule is Cc1cc(F)cc([C@@H](N)CCO)c1O.Cl. The topological polar surface area (TPSA) is 66.5 Å². The van der Waals surface area contributed by atoms with E-state index in [0.29, 0.717) is 17.5 Å². The molecule has 1 aromatic rings. The third kappa shape index (κ3) is 3.34. The highest BCUT2D eigenvalue weighted by Gasteiger charge is 2.13. The van der Waals surface area contributed by atoms with Gasteiger partial charge in [-0.05, 0) is 31.0 Å². The number of phenols is 1. The minimum Gasteiger partial charge on any atom is -0.507 e. The predicted molar refractivity (Wildman–Crippen MR) is 58.7 cm³/mol. The number of benzene rings is 1. The minimum atomic E-state index is -0.533. The number of phenolic OH excluding ortho intramolecular Hbond substituents is 1. The van der Waals surface area contributed by atoms with E-state index in [0.717, 1.165) is 0 Å². The van der Waals surface area contributed by atoms with Crippen LogP contribution < -0.4 is 5.73 Å².